The summed E-state index contributed by atoms with van der Waals surface area (Å²) in [6.07, 6.45) is -5.26. The van der Waals surface area contributed by atoms with Crippen molar-refractivity contribution in [2.75, 3.05) is 13.6 Å². The Labute approximate surface area is 103 Å². The predicted molar refractivity (Wildman–Crippen MR) is 61.3 cm³/mol. The van der Waals surface area contributed by atoms with Gasteiger partial charge in [0.05, 0.1) is 12.0 Å². The number of hydrogen-bond donors (Lipinski definition) is 1. The molecule has 1 amide bonds. The molecule has 0 spiro atoms. The number of carbonyl (C=O) groups is 1. The first-order valence-corrected chi connectivity index (χ1v) is 5.36. The number of hydrogen-bond acceptors (Lipinski definition) is 2. The molecule has 94 valence electrons. The molecule has 1 aromatic rings. The molecular formula is C11H12F3NOS. The molecule has 0 heterocycles. The van der Waals surface area contributed by atoms with E-state index in [0.717, 1.165) is 4.90 Å². The van der Waals surface area contributed by atoms with Crippen LogP contribution in [-0.2, 0) is 0 Å². The third-order valence-electron chi connectivity index (χ3n) is 2.21. The van der Waals surface area contributed by atoms with E-state index in [2.05, 4.69) is 12.6 Å². The van der Waals surface area contributed by atoms with Crippen molar-refractivity contribution in [1.29, 1.82) is 0 Å². The van der Waals surface area contributed by atoms with Gasteiger partial charge in [-0.25, -0.2) is 0 Å². The highest BCUT2D eigenvalue weighted by molar-refractivity contribution is 7.80. The number of amides is 1. The second-order valence-electron chi connectivity index (χ2n) is 3.61. The summed E-state index contributed by atoms with van der Waals surface area (Å²) in [5.41, 5.74) is 0.306. The zero-order chi connectivity index (χ0) is 13.1. The van der Waals surface area contributed by atoms with Crippen LogP contribution in [0.15, 0.2) is 29.2 Å². The average Bonchev–Trinajstić information content (AvgIpc) is 2.24. The highest BCUT2D eigenvalue weighted by Gasteiger charge is 2.28. The second-order valence-corrected chi connectivity index (χ2v) is 4.09. The molecule has 0 N–H and O–H groups in total. The van der Waals surface area contributed by atoms with Crippen LogP contribution in [0.1, 0.15) is 16.8 Å². The molecule has 6 heteroatoms. The van der Waals surface area contributed by atoms with E-state index in [9.17, 15) is 18.0 Å². The van der Waals surface area contributed by atoms with Crippen LogP contribution < -0.4 is 0 Å². The second kappa shape index (κ2) is 5.44. The minimum Gasteiger partial charge on any atom is -0.341 e. The SMILES string of the molecule is CN(CCC(F)(F)F)C(=O)c1ccccc1S. The quantitative estimate of drug-likeness (QED) is 0.831. The fraction of sp³-hybridized carbons (Fsp3) is 0.364. The topological polar surface area (TPSA) is 20.3 Å². The first kappa shape index (κ1) is 13.9. The lowest BCUT2D eigenvalue weighted by Crippen LogP contribution is -2.30. The minimum atomic E-state index is -4.25. The number of nitrogens with zero attached hydrogens (tertiary/aromatic N) is 1. The third kappa shape index (κ3) is 4.30. The number of benzene rings is 1. The van der Waals surface area contributed by atoms with Crippen LogP contribution in [-0.4, -0.2) is 30.6 Å². The van der Waals surface area contributed by atoms with E-state index < -0.39 is 18.5 Å². The monoisotopic (exact) mass is 263 g/mol. The summed E-state index contributed by atoms with van der Waals surface area (Å²) in [5.74, 6) is -0.458. The molecule has 2 nitrogen and oxygen atoms in total. The van der Waals surface area contributed by atoms with Gasteiger partial charge in [-0.2, -0.15) is 13.2 Å². The number of alkyl halides is 3. The summed E-state index contributed by atoms with van der Waals surface area (Å²) in [4.78, 5) is 13.3. The Hall–Kier alpha value is -1.17. The van der Waals surface area contributed by atoms with Gasteiger partial charge in [-0.15, -0.1) is 12.6 Å². The molecule has 0 radical (unpaired) electrons. The highest BCUT2D eigenvalue weighted by atomic mass is 32.1. The van der Waals surface area contributed by atoms with Gasteiger partial charge in [0.15, 0.2) is 0 Å². The number of carbonyl (C=O) groups excluding carboxylic acids is 1. The molecule has 0 aliphatic heterocycles. The van der Waals surface area contributed by atoms with Gasteiger partial charge in [0.2, 0.25) is 0 Å². The number of rotatable bonds is 3. The van der Waals surface area contributed by atoms with Crippen molar-refractivity contribution in [2.45, 2.75) is 17.5 Å². The fourth-order valence-corrected chi connectivity index (χ4v) is 1.51. The lowest BCUT2D eigenvalue weighted by Gasteiger charge is -2.18. The molecule has 1 rings (SSSR count). The first-order chi connectivity index (χ1) is 7.81. The zero-order valence-corrected chi connectivity index (χ0v) is 10.1. The van der Waals surface area contributed by atoms with Crippen molar-refractivity contribution in [3.05, 3.63) is 29.8 Å². The van der Waals surface area contributed by atoms with Gasteiger partial charge in [0, 0.05) is 18.5 Å². The smallest absolute Gasteiger partial charge is 0.341 e. The minimum absolute atomic E-state index is 0.306. The van der Waals surface area contributed by atoms with Crippen LogP contribution in [0.4, 0.5) is 13.2 Å². The van der Waals surface area contributed by atoms with Crippen LogP contribution >= 0.6 is 12.6 Å². The zero-order valence-electron chi connectivity index (χ0n) is 9.16. The van der Waals surface area contributed by atoms with Crippen LogP contribution in [0.25, 0.3) is 0 Å². The van der Waals surface area contributed by atoms with Gasteiger partial charge in [0.25, 0.3) is 5.91 Å². The van der Waals surface area contributed by atoms with Crippen molar-refractivity contribution >= 4 is 18.5 Å². The summed E-state index contributed by atoms with van der Waals surface area (Å²) in [6, 6.07) is 6.50. The van der Waals surface area contributed by atoms with Gasteiger partial charge in [-0.1, -0.05) is 12.1 Å². The van der Waals surface area contributed by atoms with Crippen molar-refractivity contribution in [1.82, 2.24) is 4.90 Å². The van der Waals surface area contributed by atoms with Crippen molar-refractivity contribution < 1.29 is 18.0 Å². The summed E-state index contributed by atoms with van der Waals surface area (Å²) in [6.45, 7) is -0.357. The Morgan fingerprint density at radius 3 is 2.47 bits per heavy atom. The molecule has 0 aliphatic rings. The third-order valence-corrected chi connectivity index (χ3v) is 2.60. The van der Waals surface area contributed by atoms with E-state index in [1.807, 2.05) is 0 Å². The molecule has 0 saturated carbocycles. The van der Waals surface area contributed by atoms with Gasteiger partial charge >= 0.3 is 6.18 Å². The fourth-order valence-electron chi connectivity index (χ4n) is 1.26. The maximum absolute atomic E-state index is 12.0. The molecule has 0 aliphatic carbocycles. The molecule has 0 aromatic heterocycles. The Kier molecular flexibility index (Phi) is 4.45. The summed E-state index contributed by atoms with van der Waals surface area (Å²) in [7, 11) is 1.34. The van der Waals surface area contributed by atoms with Crippen molar-refractivity contribution in [3.63, 3.8) is 0 Å². The van der Waals surface area contributed by atoms with Gasteiger partial charge < -0.3 is 4.90 Å². The van der Waals surface area contributed by atoms with Crippen molar-refractivity contribution in [3.8, 4) is 0 Å². The van der Waals surface area contributed by atoms with Crippen LogP contribution in [0.3, 0.4) is 0 Å². The Morgan fingerprint density at radius 2 is 1.94 bits per heavy atom. The molecule has 17 heavy (non-hydrogen) atoms. The van der Waals surface area contributed by atoms with E-state index >= 15 is 0 Å². The molecule has 0 atom stereocenters. The van der Waals surface area contributed by atoms with E-state index in [4.69, 9.17) is 0 Å². The Bertz CT molecular complexity index is 406. The Balaban J connectivity index is 2.68. The summed E-state index contributed by atoms with van der Waals surface area (Å²) in [5, 5.41) is 0. The summed E-state index contributed by atoms with van der Waals surface area (Å²) < 4.78 is 36.0. The lowest BCUT2D eigenvalue weighted by molar-refractivity contribution is -0.136. The average molecular weight is 263 g/mol. The van der Waals surface area contributed by atoms with E-state index in [1.165, 1.54) is 13.1 Å². The Morgan fingerprint density at radius 1 is 1.35 bits per heavy atom. The standard InChI is InChI=1S/C11H12F3NOS/c1-15(7-6-11(12,13)14)10(16)8-4-2-3-5-9(8)17/h2-5,17H,6-7H2,1H3. The maximum atomic E-state index is 12.0. The molecule has 0 unspecified atom stereocenters. The molecule has 1 aromatic carbocycles. The van der Waals surface area contributed by atoms with E-state index in [-0.39, 0.29) is 6.54 Å². The molecule has 0 fully saturated rings. The summed E-state index contributed by atoms with van der Waals surface area (Å²) >= 11 is 4.09. The number of thiol groups is 1. The van der Waals surface area contributed by atoms with E-state index in [0.29, 0.717) is 10.5 Å². The van der Waals surface area contributed by atoms with Crippen LogP contribution in [0.2, 0.25) is 0 Å². The van der Waals surface area contributed by atoms with Gasteiger partial charge in [0.1, 0.15) is 0 Å². The normalized spacial score (nSPS) is 11.4. The largest absolute Gasteiger partial charge is 0.390 e. The van der Waals surface area contributed by atoms with Crippen LogP contribution in [0.5, 0.6) is 0 Å². The van der Waals surface area contributed by atoms with E-state index in [1.54, 1.807) is 18.2 Å². The highest BCUT2D eigenvalue weighted by Crippen LogP contribution is 2.20. The first-order valence-electron chi connectivity index (χ1n) is 4.91. The lowest BCUT2D eigenvalue weighted by atomic mass is 10.2. The molecule has 0 bridgehead atoms. The predicted octanol–water partition coefficient (Wildman–Crippen LogP) is 3.00. The van der Waals surface area contributed by atoms with Gasteiger partial charge in [-0.05, 0) is 12.1 Å². The number of halogens is 3. The van der Waals surface area contributed by atoms with Gasteiger partial charge in [-0.3, -0.25) is 4.79 Å². The van der Waals surface area contributed by atoms with Crippen molar-refractivity contribution in [2.24, 2.45) is 0 Å². The van der Waals surface area contributed by atoms with Crippen LogP contribution in [0, 0.1) is 0 Å². The maximum Gasteiger partial charge on any atom is 0.390 e. The molecule has 0 saturated heterocycles. The molecular weight excluding hydrogens is 251 g/mol.